The van der Waals surface area contributed by atoms with Gasteiger partial charge in [-0.1, -0.05) is 22.8 Å². The summed E-state index contributed by atoms with van der Waals surface area (Å²) in [7, 11) is 1.39. The quantitative estimate of drug-likeness (QED) is 0.458. The van der Waals surface area contributed by atoms with Crippen molar-refractivity contribution in [2.75, 3.05) is 12.4 Å². The largest absolute Gasteiger partial charge is 0.494 e. The summed E-state index contributed by atoms with van der Waals surface area (Å²) in [5, 5.41) is 7.31. The molecule has 2 heterocycles. The Morgan fingerprint density at radius 1 is 1.26 bits per heavy atom. The van der Waals surface area contributed by atoms with Crippen LogP contribution in [0.5, 0.6) is 5.75 Å². The Labute approximate surface area is 182 Å². The second kappa shape index (κ2) is 8.61. The number of carbonyl (C=O) groups excluding carboxylic acids is 1. The Kier molecular flexibility index (Phi) is 5.73. The maximum atomic E-state index is 14.0. The molecular weight excluding hydrogens is 423 g/mol. The molecular formula is C22H18ClFN4O3. The van der Waals surface area contributed by atoms with E-state index in [2.05, 4.69) is 15.5 Å². The van der Waals surface area contributed by atoms with Crippen LogP contribution in [0, 0.1) is 12.7 Å². The summed E-state index contributed by atoms with van der Waals surface area (Å²) in [5.74, 6) is -0.204. The van der Waals surface area contributed by atoms with Gasteiger partial charge in [-0.3, -0.25) is 4.79 Å². The van der Waals surface area contributed by atoms with Crippen molar-refractivity contribution in [1.29, 1.82) is 0 Å². The zero-order valence-electron chi connectivity index (χ0n) is 16.7. The van der Waals surface area contributed by atoms with Gasteiger partial charge in [-0.15, -0.1) is 0 Å². The van der Waals surface area contributed by atoms with Gasteiger partial charge in [0.1, 0.15) is 12.2 Å². The predicted molar refractivity (Wildman–Crippen MR) is 114 cm³/mol. The standard InChI is InChI=1S/C22H18ClFN4O3/c1-13-5-7-15(11-16(13)23)25-20(29)12-28-9-3-4-18(28)22-26-21(27-31-22)14-6-8-19(30-2)17(24)10-14/h3-11H,12H2,1-2H3,(H,25,29). The smallest absolute Gasteiger partial charge is 0.274 e. The maximum absolute atomic E-state index is 14.0. The van der Waals surface area contributed by atoms with Crippen molar-refractivity contribution in [3.05, 3.63) is 71.1 Å². The Bertz CT molecular complexity index is 1250. The normalized spacial score (nSPS) is 10.8. The highest BCUT2D eigenvalue weighted by Gasteiger charge is 2.17. The number of rotatable bonds is 6. The van der Waals surface area contributed by atoms with Gasteiger partial charge >= 0.3 is 0 Å². The SMILES string of the molecule is COc1ccc(-c2noc(-c3cccn3CC(=O)Nc3ccc(C)c(Cl)c3)n2)cc1F. The molecule has 9 heteroatoms. The molecule has 4 aromatic rings. The molecule has 0 bridgehead atoms. The monoisotopic (exact) mass is 440 g/mol. The molecule has 0 aliphatic rings. The van der Waals surface area contributed by atoms with E-state index in [9.17, 15) is 9.18 Å². The number of aromatic nitrogens is 3. The van der Waals surface area contributed by atoms with Gasteiger partial charge in [-0.25, -0.2) is 4.39 Å². The average molecular weight is 441 g/mol. The summed E-state index contributed by atoms with van der Waals surface area (Å²) in [4.78, 5) is 16.8. The van der Waals surface area contributed by atoms with Crippen LogP contribution in [0.25, 0.3) is 23.0 Å². The van der Waals surface area contributed by atoms with Crippen LogP contribution in [-0.4, -0.2) is 27.7 Å². The lowest BCUT2D eigenvalue weighted by Crippen LogP contribution is -2.18. The molecule has 0 unspecified atom stereocenters. The van der Waals surface area contributed by atoms with Crippen LogP contribution in [-0.2, 0) is 11.3 Å². The fourth-order valence-electron chi connectivity index (χ4n) is 3.02. The summed E-state index contributed by atoms with van der Waals surface area (Å²) in [6, 6.07) is 13.2. The van der Waals surface area contributed by atoms with E-state index >= 15 is 0 Å². The molecule has 0 atom stereocenters. The molecule has 158 valence electrons. The molecule has 7 nitrogen and oxygen atoms in total. The van der Waals surface area contributed by atoms with Crippen molar-refractivity contribution >= 4 is 23.2 Å². The Hall–Kier alpha value is -3.65. The molecule has 0 radical (unpaired) electrons. The number of carbonyl (C=O) groups is 1. The first-order valence-electron chi connectivity index (χ1n) is 9.33. The number of nitrogens with zero attached hydrogens (tertiary/aromatic N) is 3. The number of nitrogens with one attached hydrogen (secondary N) is 1. The third kappa shape index (κ3) is 4.44. The number of hydrogen-bond donors (Lipinski definition) is 1. The fourth-order valence-corrected chi connectivity index (χ4v) is 3.20. The van der Waals surface area contributed by atoms with E-state index in [-0.39, 0.29) is 29.9 Å². The number of ether oxygens (including phenoxy) is 1. The Morgan fingerprint density at radius 2 is 2.10 bits per heavy atom. The molecule has 4 rings (SSSR count). The predicted octanol–water partition coefficient (Wildman–Crippen LogP) is 4.95. The summed E-state index contributed by atoms with van der Waals surface area (Å²) in [5.41, 5.74) is 2.54. The van der Waals surface area contributed by atoms with Gasteiger partial charge in [0.05, 0.1) is 7.11 Å². The second-order valence-electron chi connectivity index (χ2n) is 6.81. The van der Waals surface area contributed by atoms with Gasteiger partial charge in [0.15, 0.2) is 11.6 Å². The van der Waals surface area contributed by atoms with Crippen molar-refractivity contribution in [1.82, 2.24) is 14.7 Å². The van der Waals surface area contributed by atoms with E-state index in [4.69, 9.17) is 20.9 Å². The van der Waals surface area contributed by atoms with Crippen LogP contribution < -0.4 is 10.1 Å². The molecule has 0 fully saturated rings. The van der Waals surface area contributed by atoms with E-state index in [0.717, 1.165) is 5.56 Å². The lowest BCUT2D eigenvalue weighted by atomic mass is 10.2. The first-order valence-corrected chi connectivity index (χ1v) is 9.71. The van der Waals surface area contributed by atoms with Gasteiger partial charge in [-0.05, 0) is 55.0 Å². The van der Waals surface area contributed by atoms with E-state index < -0.39 is 5.82 Å². The highest BCUT2D eigenvalue weighted by Crippen LogP contribution is 2.26. The summed E-state index contributed by atoms with van der Waals surface area (Å²) in [6.07, 6.45) is 1.73. The minimum absolute atomic E-state index is 0.0305. The van der Waals surface area contributed by atoms with Gasteiger partial charge in [0.25, 0.3) is 5.89 Å². The van der Waals surface area contributed by atoms with Gasteiger partial charge < -0.3 is 19.1 Å². The van der Waals surface area contributed by atoms with E-state index in [1.54, 1.807) is 41.1 Å². The first-order chi connectivity index (χ1) is 14.9. The lowest BCUT2D eigenvalue weighted by Gasteiger charge is -2.09. The number of benzene rings is 2. The van der Waals surface area contributed by atoms with Gasteiger partial charge in [0, 0.05) is 22.5 Å². The summed E-state index contributed by atoms with van der Waals surface area (Å²) in [6.45, 7) is 1.92. The van der Waals surface area contributed by atoms with Crippen molar-refractivity contribution < 1.29 is 18.4 Å². The van der Waals surface area contributed by atoms with Crippen molar-refractivity contribution in [2.24, 2.45) is 0 Å². The van der Waals surface area contributed by atoms with Gasteiger partial charge in [0.2, 0.25) is 11.7 Å². The van der Waals surface area contributed by atoms with Crippen molar-refractivity contribution in [3.8, 4) is 28.7 Å². The lowest BCUT2D eigenvalue weighted by molar-refractivity contribution is -0.116. The Morgan fingerprint density at radius 3 is 2.84 bits per heavy atom. The minimum atomic E-state index is -0.525. The molecule has 0 saturated heterocycles. The van der Waals surface area contributed by atoms with Crippen LogP contribution in [0.15, 0.2) is 59.3 Å². The molecule has 1 amide bonds. The van der Waals surface area contributed by atoms with Crippen LogP contribution in [0.1, 0.15) is 5.56 Å². The number of halogens is 2. The average Bonchev–Trinajstić information content (AvgIpc) is 3.40. The second-order valence-corrected chi connectivity index (χ2v) is 7.21. The third-order valence-corrected chi connectivity index (χ3v) is 5.06. The number of aryl methyl sites for hydroxylation is 1. The fraction of sp³-hybridized carbons (Fsp3) is 0.136. The molecule has 0 aliphatic carbocycles. The van der Waals surface area contributed by atoms with Crippen molar-refractivity contribution in [2.45, 2.75) is 13.5 Å². The van der Waals surface area contributed by atoms with Crippen LogP contribution >= 0.6 is 11.6 Å². The van der Waals surface area contributed by atoms with Crippen LogP contribution in [0.4, 0.5) is 10.1 Å². The molecule has 0 aliphatic heterocycles. The van der Waals surface area contributed by atoms with Crippen LogP contribution in [0.2, 0.25) is 5.02 Å². The summed E-state index contributed by atoms with van der Waals surface area (Å²) < 4.78 is 25.9. The highest BCUT2D eigenvalue weighted by molar-refractivity contribution is 6.31. The van der Waals surface area contributed by atoms with E-state index in [1.807, 2.05) is 13.0 Å². The molecule has 2 aromatic heterocycles. The topological polar surface area (TPSA) is 82.2 Å². The molecule has 0 spiro atoms. The van der Waals surface area contributed by atoms with E-state index in [0.29, 0.717) is 22.0 Å². The number of methoxy groups -OCH3 is 1. The van der Waals surface area contributed by atoms with Crippen molar-refractivity contribution in [3.63, 3.8) is 0 Å². The third-order valence-electron chi connectivity index (χ3n) is 4.65. The molecule has 2 aromatic carbocycles. The molecule has 31 heavy (non-hydrogen) atoms. The first kappa shape index (κ1) is 20.6. The minimum Gasteiger partial charge on any atom is -0.494 e. The summed E-state index contributed by atoms with van der Waals surface area (Å²) >= 11 is 6.11. The number of amides is 1. The van der Waals surface area contributed by atoms with Gasteiger partial charge in [-0.2, -0.15) is 4.98 Å². The highest BCUT2D eigenvalue weighted by atomic mass is 35.5. The maximum Gasteiger partial charge on any atom is 0.274 e. The number of anilines is 1. The molecule has 1 N–H and O–H groups in total. The zero-order chi connectivity index (χ0) is 22.0. The van der Waals surface area contributed by atoms with E-state index in [1.165, 1.54) is 19.2 Å². The number of hydrogen-bond acceptors (Lipinski definition) is 5. The van der Waals surface area contributed by atoms with Crippen LogP contribution in [0.3, 0.4) is 0 Å². The molecule has 0 saturated carbocycles. The zero-order valence-corrected chi connectivity index (χ0v) is 17.5. The Balaban J connectivity index is 1.51.